The number of benzene rings is 1. The number of aromatic nitrogens is 1. The van der Waals surface area contributed by atoms with E-state index in [0.717, 1.165) is 11.5 Å². The average molecular weight is 298 g/mol. The van der Waals surface area contributed by atoms with Gasteiger partial charge in [0.15, 0.2) is 0 Å². The van der Waals surface area contributed by atoms with E-state index in [2.05, 4.69) is 4.98 Å². The summed E-state index contributed by atoms with van der Waals surface area (Å²) in [6, 6.07) is 10.9. The molecule has 1 saturated heterocycles. The summed E-state index contributed by atoms with van der Waals surface area (Å²) in [6.45, 7) is 3.75. The van der Waals surface area contributed by atoms with Gasteiger partial charge in [-0.3, -0.25) is 9.78 Å². The molecule has 0 unspecified atom stereocenters. The zero-order valence-corrected chi connectivity index (χ0v) is 12.4. The van der Waals surface area contributed by atoms with Gasteiger partial charge in [0.1, 0.15) is 17.6 Å². The molecule has 0 radical (unpaired) electrons. The molecular formula is C17H18N2O3. The van der Waals surface area contributed by atoms with Crippen molar-refractivity contribution in [3.05, 3.63) is 54.4 Å². The Morgan fingerprint density at radius 2 is 2.00 bits per heavy atom. The summed E-state index contributed by atoms with van der Waals surface area (Å²) in [5.41, 5.74) is 0.670. The first kappa shape index (κ1) is 14.4. The van der Waals surface area contributed by atoms with Crippen LogP contribution in [0.15, 0.2) is 48.8 Å². The van der Waals surface area contributed by atoms with Crippen LogP contribution in [0.2, 0.25) is 0 Å². The molecule has 114 valence electrons. The first-order valence-electron chi connectivity index (χ1n) is 7.35. The Morgan fingerprint density at radius 1 is 1.23 bits per heavy atom. The Bertz CT molecular complexity index is 622. The summed E-state index contributed by atoms with van der Waals surface area (Å²) in [5, 5.41) is 0. The highest BCUT2D eigenvalue weighted by molar-refractivity contribution is 5.94. The normalized spacial score (nSPS) is 14.3. The van der Waals surface area contributed by atoms with E-state index in [-0.39, 0.29) is 12.0 Å². The monoisotopic (exact) mass is 298 g/mol. The number of nitrogens with zero attached hydrogens (tertiary/aromatic N) is 2. The lowest BCUT2D eigenvalue weighted by molar-refractivity contribution is 0.0176. The van der Waals surface area contributed by atoms with E-state index in [1.54, 1.807) is 29.4 Å². The number of pyridine rings is 1. The molecule has 1 aliphatic heterocycles. The zero-order chi connectivity index (χ0) is 15.4. The van der Waals surface area contributed by atoms with Gasteiger partial charge in [0.25, 0.3) is 5.91 Å². The van der Waals surface area contributed by atoms with E-state index >= 15 is 0 Å². The van der Waals surface area contributed by atoms with Crippen molar-refractivity contribution >= 4 is 5.91 Å². The Kier molecular flexibility index (Phi) is 4.23. The minimum absolute atomic E-state index is 0.0223. The van der Waals surface area contributed by atoms with Crippen molar-refractivity contribution in [1.82, 2.24) is 9.88 Å². The summed E-state index contributed by atoms with van der Waals surface area (Å²) in [5.74, 6) is 1.54. The maximum atomic E-state index is 12.3. The van der Waals surface area contributed by atoms with Gasteiger partial charge in [0, 0.05) is 11.8 Å². The van der Waals surface area contributed by atoms with Crippen molar-refractivity contribution in [2.75, 3.05) is 19.7 Å². The number of ether oxygens (including phenoxy) is 2. The SMILES string of the molecule is CCOc1ccc(C(=O)N2CC(Oc3cccnc3)C2)cc1. The van der Waals surface area contributed by atoms with E-state index in [1.165, 1.54) is 0 Å². The lowest BCUT2D eigenvalue weighted by atomic mass is 10.1. The fourth-order valence-electron chi connectivity index (χ4n) is 2.33. The van der Waals surface area contributed by atoms with Crippen molar-refractivity contribution in [2.45, 2.75) is 13.0 Å². The number of carbonyl (C=O) groups is 1. The predicted molar refractivity (Wildman–Crippen MR) is 82.2 cm³/mol. The van der Waals surface area contributed by atoms with Crippen LogP contribution in [0.1, 0.15) is 17.3 Å². The van der Waals surface area contributed by atoms with Crippen LogP contribution in [0, 0.1) is 0 Å². The molecule has 5 heteroatoms. The Balaban J connectivity index is 1.52. The number of rotatable bonds is 5. The van der Waals surface area contributed by atoms with Gasteiger partial charge in [-0.2, -0.15) is 0 Å². The standard InChI is InChI=1S/C17H18N2O3/c1-2-21-14-7-5-13(6-8-14)17(20)19-11-16(12-19)22-15-4-3-9-18-10-15/h3-10,16H,2,11-12H2,1H3. The van der Waals surface area contributed by atoms with Crippen LogP contribution in [0.5, 0.6) is 11.5 Å². The maximum Gasteiger partial charge on any atom is 0.254 e. The number of likely N-dealkylation sites (tertiary alicyclic amines) is 1. The van der Waals surface area contributed by atoms with Gasteiger partial charge in [0.2, 0.25) is 0 Å². The van der Waals surface area contributed by atoms with E-state index in [0.29, 0.717) is 25.3 Å². The molecule has 1 aromatic heterocycles. The van der Waals surface area contributed by atoms with Crippen LogP contribution in [0.25, 0.3) is 0 Å². The van der Waals surface area contributed by atoms with Crippen molar-refractivity contribution < 1.29 is 14.3 Å². The van der Waals surface area contributed by atoms with E-state index in [4.69, 9.17) is 9.47 Å². The predicted octanol–water partition coefficient (Wildman–Crippen LogP) is 2.38. The highest BCUT2D eigenvalue weighted by Crippen LogP contribution is 2.20. The second-order valence-corrected chi connectivity index (χ2v) is 5.10. The second kappa shape index (κ2) is 6.47. The molecule has 0 atom stereocenters. The van der Waals surface area contributed by atoms with Crippen molar-refractivity contribution in [2.24, 2.45) is 0 Å². The third kappa shape index (κ3) is 3.19. The Morgan fingerprint density at radius 3 is 2.64 bits per heavy atom. The largest absolute Gasteiger partial charge is 0.494 e. The summed E-state index contributed by atoms with van der Waals surface area (Å²) in [6.07, 6.45) is 3.42. The van der Waals surface area contributed by atoms with Gasteiger partial charge in [-0.15, -0.1) is 0 Å². The molecule has 0 saturated carbocycles. The third-order valence-electron chi connectivity index (χ3n) is 3.48. The number of hydrogen-bond acceptors (Lipinski definition) is 4. The van der Waals surface area contributed by atoms with Crippen molar-refractivity contribution in [1.29, 1.82) is 0 Å². The number of carbonyl (C=O) groups excluding carboxylic acids is 1. The van der Waals surface area contributed by atoms with E-state index in [9.17, 15) is 4.79 Å². The molecule has 2 heterocycles. The summed E-state index contributed by atoms with van der Waals surface area (Å²) in [7, 11) is 0. The molecule has 22 heavy (non-hydrogen) atoms. The fraction of sp³-hybridized carbons (Fsp3) is 0.294. The van der Waals surface area contributed by atoms with Crippen LogP contribution < -0.4 is 9.47 Å². The van der Waals surface area contributed by atoms with Crippen molar-refractivity contribution in [3.63, 3.8) is 0 Å². The molecule has 0 spiro atoms. The summed E-state index contributed by atoms with van der Waals surface area (Å²) in [4.78, 5) is 18.1. The quantitative estimate of drug-likeness (QED) is 0.850. The first-order valence-corrected chi connectivity index (χ1v) is 7.35. The molecular weight excluding hydrogens is 280 g/mol. The smallest absolute Gasteiger partial charge is 0.254 e. The lowest BCUT2D eigenvalue weighted by Crippen LogP contribution is -2.56. The molecule has 1 aromatic carbocycles. The number of amides is 1. The molecule has 2 aromatic rings. The molecule has 0 bridgehead atoms. The Labute approximate surface area is 129 Å². The molecule has 3 rings (SSSR count). The van der Waals surface area contributed by atoms with Crippen molar-refractivity contribution in [3.8, 4) is 11.5 Å². The van der Waals surface area contributed by atoms with Crippen LogP contribution >= 0.6 is 0 Å². The van der Waals surface area contributed by atoms with Crippen LogP contribution in [-0.4, -0.2) is 41.6 Å². The van der Waals surface area contributed by atoms with Crippen LogP contribution in [-0.2, 0) is 0 Å². The molecule has 0 aliphatic carbocycles. The Hall–Kier alpha value is -2.56. The number of hydrogen-bond donors (Lipinski definition) is 0. The van der Waals surface area contributed by atoms with Gasteiger partial charge < -0.3 is 14.4 Å². The first-order chi connectivity index (χ1) is 10.8. The molecule has 1 amide bonds. The fourth-order valence-corrected chi connectivity index (χ4v) is 2.33. The maximum absolute atomic E-state index is 12.3. The van der Waals surface area contributed by atoms with Gasteiger partial charge in [-0.25, -0.2) is 0 Å². The zero-order valence-electron chi connectivity index (χ0n) is 12.4. The minimum atomic E-state index is 0.0223. The van der Waals surface area contributed by atoms with Gasteiger partial charge >= 0.3 is 0 Å². The van der Waals surface area contributed by atoms with E-state index < -0.39 is 0 Å². The average Bonchev–Trinajstić information content (AvgIpc) is 2.52. The molecule has 1 aliphatic rings. The second-order valence-electron chi connectivity index (χ2n) is 5.10. The lowest BCUT2D eigenvalue weighted by Gasteiger charge is -2.38. The van der Waals surface area contributed by atoms with Crippen LogP contribution in [0.3, 0.4) is 0 Å². The van der Waals surface area contributed by atoms with Gasteiger partial charge in [-0.1, -0.05) is 0 Å². The van der Waals surface area contributed by atoms with E-state index in [1.807, 2.05) is 31.2 Å². The van der Waals surface area contributed by atoms with Gasteiger partial charge in [0.05, 0.1) is 25.9 Å². The molecule has 0 N–H and O–H groups in total. The summed E-state index contributed by atoms with van der Waals surface area (Å²) >= 11 is 0. The third-order valence-corrected chi connectivity index (χ3v) is 3.48. The van der Waals surface area contributed by atoms with Crippen LogP contribution in [0.4, 0.5) is 0 Å². The topological polar surface area (TPSA) is 51.7 Å². The summed E-state index contributed by atoms with van der Waals surface area (Å²) < 4.78 is 11.1. The minimum Gasteiger partial charge on any atom is -0.494 e. The highest BCUT2D eigenvalue weighted by Gasteiger charge is 2.32. The molecule has 5 nitrogen and oxygen atoms in total. The van der Waals surface area contributed by atoms with Gasteiger partial charge in [-0.05, 0) is 43.3 Å². The molecule has 1 fully saturated rings. The highest BCUT2D eigenvalue weighted by atomic mass is 16.5.